The Balaban J connectivity index is 0.00000116. The van der Waals surface area contributed by atoms with E-state index in [0.29, 0.717) is 11.3 Å². The Hall–Kier alpha value is -3.11. The summed E-state index contributed by atoms with van der Waals surface area (Å²) in [5.41, 5.74) is 6.97. The highest BCUT2D eigenvalue weighted by atomic mass is 16.4. The third kappa shape index (κ3) is 3.71. The summed E-state index contributed by atoms with van der Waals surface area (Å²) in [7, 11) is 0. The molecule has 0 bridgehead atoms. The predicted octanol–water partition coefficient (Wildman–Crippen LogP) is 2.27. The molecule has 1 heterocycles. The summed E-state index contributed by atoms with van der Waals surface area (Å²) in [6, 6.07) is 9.79. The lowest BCUT2D eigenvalue weighted by atomic mass is 10.2. The Bertz CT molecular complexity index is 692. The molecule has 114 valence electrons. The molecule has 0 aliphatic heterocycles. The van der Waals surface area contributed by atoms with E-state index in [0.717, 1.165) is 0 Å². The molecule has 0 aliphatic carbocycles. The first kappa shape index (κ1) is 16.9. The first-order valence-corrected chi connectivity index (χ1v) is 6.56. The molecule has 0 unspecified atom stereocenters. The van der Waals surface area contributed by atoms with Crippen LogP contribution in [0.4, 0.5) is 17.2 Å². The minimum Gasteiger partial charge on any atom is -0.478 e. The highest BCUT2D eigenvalue weighted by Crippen LogP contribution is 2.25. The molecule has 0 saturated carbocycles. The number of nitrogens with zero attached hydrogens (tertiary/aromatic N) is 3. The van der Waals surface area contributed by atoms with Crippen LogP contribution in [0.1, 0.15) is 29.8 Å². The van der Waals surface area contributed by atoms with Crippen LogP contribution in [0.15, 0.2) is 36.5 Å². The number of aromatic carboxylic acids is 1. The number of nitrogen functional groups attached to an aromatic ring is 1. The second-order valence-corrected chi connectivity index (χ2v) is 3.97. The van der Waals surface area contributed by atoms with Gasteiger partial charge in [-0.15, -0.1) is 0 Å². The number of hydrazine groups is 1. The molecule has 1 aromatic carbocycles. The van der Waals surface area contributed by atoms with Gasteiger partial charge >= 0.3 is 5.97 Å². The second kappa shape index (κ2) is 7.61. The molecule has 0 atom stereocenters. The van der Waals surface area contributed by atoms with Crippen molar-refractivity contribution in [3.63, 3.8) is 0 Å². The largest absolute Gasteiger partial charge is 0.478 e. The lowest BCUT2D eigenvalue weighted by molar-refractivity contribution is 0.0696. The summed E-state index contributed by atoms with van der Waals surface area (Å²) in [6.07, 6.45) is 1.18. The van der Waals surface area contributed by atoms with Gasteiger partial charge in [0.25, 0.3) is 0 Å². The van der Waals surface area contributed by atoms with Crippen molar-refractivity contribution in [3.8, 4) is 6.07 Å². The van der Waals surface area contributed by atoms with Gasteiger partial charge in [0.05, 0.1) is 28.6 Å². The quantitative estimate of drug-likeness (QED) is 0.585. The lowest BCUT2D eigenvalue weighted by Crippen LogP contribution is -2.27. The average molecular weight is 299 g/mol. The van der Waals surface area contributed by atoms with Gasteiger partial charge in [-0.1, -0.05) is 13.8 Å². The zero-order chi connectivity index (χ0) is 16.7. The zero-order valence-corrected chi connectivity index (χ0v) is 12.3. The topological polar surface area (TPSA) is 129 Å². The van der Waals surface area contributed by atoms with Gasteiger partial charge in [-0.2, -0.15) is 5.26 Å². The van der Waals surface area contributed by atoms with Crippen molar-refractivity contribution in [1.82, 2.24) is 4.98 Å². The number of hydrogen-bond acceptors (Lipinski definition) is 6. The molecule has 7 heteroatoms. The lowest BCUT2D eigenvalue weighted by Gasteiger charge is -2.19. The van der Waals surface area contributed by atoms with E-state index in [1.165, 1.54) is 17.3 Å². The normalized spacial score (nSPS) is 9.18. The maximum absolute atomic E-state index is 10.8. The van der Waals surface area contributed by atoms with Crippen LogP contribution >= 0.6 is 0 Å². The van der Waals surface area contributed by atoms with Gasteiger partial charge in [-0.25, -0.2) is 15.6 Å². The summed E-state index contributed by atoms with van der Waals surface area (Å²) < 4.78 is 0. The third-order valence-electron chi connectivity index (χ3n) is 2.64. The van der Waals surface area contributed by atoms with E-state index in [1.54, 1.807) is 24.3 Å². The van der Waals surface area contributed by atoms with Gasteiger partial charge < -0.3 is 10.8 Å². The van der Waals surface area contributed by atoms with Gasteiger partial charge in [-0.05, 0) is 30.3 Å². The van der Waals surface area contributed by atoms with Crippen LogP contribution in [-0.2, 0) is 0 Å². The molecule has 0 spiro atoms. The number of nitriles is 1. The van der Waals surface area contributed by atoms with Gasteiger partial charge in [0.15, 0.2) is 5.82 Å². The number of rotatable bonds is 3. The number of pyridine rings is 1. The van der Waals surface area contributed by atoms with Gasteiger partial charge in [0.1, 0.15) is 0 Å². The van der Waals surface area contributed by atoms with Crippen molar-refractivity contribution in [2.75, 3.05) is 10.7 Å². The van der Waals surface area contributed by atoms with E-state index in [4.69, 9.17) is 21.9 Å². The standard InChI is InChI=1S/C13H11N5O2.C2H6/c14-6-8-1-3-10(4-2-8)18(16)12-11(15)5-9(7-17-12)13(19)20;1-2/h1-5,7H,15-16H2,(H,19,20);1-2H3. The maximum Gasteiger partial charge on any atom is 0.337 e. The first-order chi connectivity index (χ1) is 10.5. The van der Waals surface area contributed by atoms with Crippen LogP contribution in [0.3, 0.4) is 0 Å². The molecule has 7 nitrogen and oxygen atoms in total. The molecule has 0 saturated heterocycles. The summed E-state index contributed by atoms with van der Waals surface area (Å²) in [5.74, 6) is 5.02. The van der Waals surface area contributed by atoms with E-state index in [2.05, 4.69) is 4.98 Å². The zero-order valence-electron chi connectivity index (χ0n) is 12.3. The predicted molar refractivity (Wildman–Crippen MR) is 84.4 cm³/mol. The van der Waals surface area contributed by atoms with Gasteiger partial charge in [-0.3, -0.25) is 5.01 Å². The van der Waals surface area contributed by atoms with Crippen LogP contribution < -0.4 is 16.6 Å². The smallest absolute Gasteiger partial charge is 0.337 e. The number of carboxylic acids is 1. The molecule has 2 aromatic rings. The molecule has 22 heavy (non-hydrogen) atoms. The highest BCUT2D eigenvalue weighted by Gasteiger charge is 2.13. The van der Waals surface area contributed by atoms with Crippen LogP contribution in [0.25, 0.3) is 0 Å². The molecule has 2 rings (SSSR count). The van der Waals surface area contributed by atoms with Gasteiger partial charge in [0, 0.05) is 6.20 Å². The Morgan fingerprint density at radius 3 is 2.36 bits per heavy atom. The van der Waals surface area contributed by atoms with Crippen molar-refractivity contribution >= 4 is 23.2 Å². The Kier molecular flexibility index (Phi) is 5.86. The third-order valence-corrected chi connectivity index (χ3v) is 2.64. The summed E-state index contributed by atoms with van der Waals surface area (Å²) in [4.78, 5) is 14.8. The van der Waals surface area contributed by atoms with Crippen LogP contribution in [0, 0.1) is 11.3 Å². The van der Waals surface area contributed by atoms with E-state index < -0.39 is 5.97 Å². The average Bonchev–Trinajstić information content (AvgIpc) is 2.56. The van der Waals surface area contributed by atoms with Crippen molar-refractivity contribution in [1.29, 1.82) is 5.26 Å². The number of carbonyl (C=O) groups is 1. The van der Waals surface area contributed by atoms with Crippen molar-refractivity contribution < 1.29 is 9.90 Å². The van der Waals surface area contributed by atoms with E-state index in [9.17, 15) is 4.79 Å². The fourth-order valence-corrected chi connectivity index (χ4v) is 1.61. The molecule has 0 aliphatic rings. The number of nitrogens with two attached hydrogens (primary N) is 2. The Morgan fingerprint density at radius 1 is 1.32 bits per heavy atom. The number of benzene rings is 1. The highest BCUT2D eigenvalue weighted by molar-refractivity contribution is 5.89. The Morgan fingerprint density at radius 2 is 1.91 bits per heavy atom. The number of carboxylic acid groups (broad SMARTS) is 1. The van der Waals surface area contributed by atoms with Gasteiger partial charge in [0.2, 0.25) is 0 Å². The molecular formula is C15H17N5O2. The van der Waals surface area contributed by atoms with Crippen LogP contribution in [-0.4, -0.2) is 16.1 Å². The van der Waals surface area contributed by atoms with E-state index >= 15 is 0 Å². The molecular weight excluding hydrogens is 282 g/mol. The number of aromatic nitrogens is 1. The minimum absolute atomic E-state index is 0.0144. The summed E-state index contributed by atoms with van der Waals surface area (Å²) in [5, 5.41) is 18.8. The molecule has 5 N–H and O–H groups in total. The first-order valence-electron chi connectivity index (χ1n) is 6.56. The molecule has 0 amide bonds. The minimum atomic E-state index is -1.11. The van der Waals surface area contributed by atoms with Crippen LogP contribution in [0.2, 0.25) is 0 Å². The van der Waals surface area contributed by atoms with E-state index in [1.807, 2.05) is 19.9 Å². The molecule has 1 aromatic heterocycles. The van der Waals surface area contributed by atoms with Crippen LogP contribution in [0.5, 0.6) is 0 Å². The van der Waals surface area contributed by atoms with Crippen molar-refractivity contribution in [3.05, 3.63) is 47.7 Å². The molecule has 0 fully saturated rings. The van der Waals surface area contributed by atoms with Crippen molar-refractivity contribution in [2.45, 2.75) is 13.8 Å². The monoisotopic (exact) mass is 299 g/mol. The second-order valence-electron chi connectivity index (χ2n) is 3.97. The number of hydrogen-bond donors (Lipinski definition) is 3. The molecule has 0 radical (unpaired) electrons. The van der Waals surface area contributed by atoms with Crippen molar-refractivity contribution in [2.24, 2.45) is 5.84 Å². The summed E-state index contributed by atoms with van der Waals surface area (Å²) in [6.45, 7) is 4.00. The fraction of sp³-hybridized carbons (Fsp3) is 0.133. The maximum atomic E-state index is 10.8. The SMILES string of the molecule is CC.N#Cc1ccc(N(N)c2ncc(C(=O)O)cc2N)cc1. The fourth-order valence-electron chi connectivity index (χ4n) is 1.61. The number of anilines is 3. The Labute approximate surface area is 128 Å². The van der Waals surface area contributed by atoms with E-state index in [-0.39, 0.29) is 17.1 Å². The summed E-state index contributed by atoms with van der Waals surface area (Å²) >= 11 is 0.